The van der Waals surface area contributed by atoms with Crippen LogP contribution in [0.2, 0.25) is 39.3 Å². The van der Waals surface area contributed by atoms with Gasteiger partial charge in [0.2, 0.25) is 0 Å². The Hall–Kier alpha value is -2.89. The first-order chi connectivity index (χ1) is 15.6. The number of aromatic amines is 1. The SMILES string of the molecule is C[Si](C)(C)c1ccc(-c2ccc3[nH]c4ccc(-c5ccc([Si](C)(C)C)cc5)cc4c3c2)cc1. The standard InChI is InChI=1S/C30H33NSi2/c1-32(2,3)25-13-7-21(8-14-25)23-11-17-29-27(19-23)28-20-24(12-18-30(28)31-29)22-9-15-26(16-10-22)33(4,5)6/h7-20,31H,1-6H3. The van der Waals surface area contributed by atoms with E-state index in [0.717, 1.165) is 0 Å². The van der Waals surface area contributed by atoms with Gasteiger partial charge in [-0.1, -0.05) is 110 Å². The van der Waals surface area contributed by atoms with E-state index in [0.29, 0.717) is 0 Å². The highest BCUT2D eigenvalue weighted by Crippen LogP contribution is 2.33. The molecule has 0 saturated heterocycles. The summed E-state index contributed by atoms with van der Waals surface area (Å²) < 4.78 is 0. The van der Waals surface area contributed by atoms with Gasteiger partial charge in [-0.3, -0.25) is 0 Å². The van der Waals surface area contributed by atoms with Crippen LogP contribution in [-0.2, 0) is 0 Å². The molecule has 0 saturated carbocycles. The minimum absolute atomic E-state index is 1.19. The number of rotatable bonds is 4. The van der Waals surface area contributed by atoms with Crippen molar-refractivity contribution >= 4 is 48.3 Å². The fourth-order valence-corrected chi connectivity index (χ4v) is 6.92. The molecule has 1 nitrogen and oxygen atoms in total. The Morgan fingerprint density at radius 3 is 1.09 bits per heavy atom. The maximum Gasteiger partial charge on any atom is 0.0775 e. The highest BCUT2D eigenvalue weighted by atomic mass is 28.3. The largest absolute Gasteiger partial charge is 0.355 e. The van der Waals surface area contributed by atoms with Crippen molar-refractivity contribution in [3.63, 3.8) is 0 Å². The molecule has 0 fully saturated rings. The van der Waals surface area contributed by atoms with Crippen molar-refractivity contribution < 1.29 is 0 Å². The van der Waals surface area contributed by atoms with E-state index in [1.807, 2.05) is 0 Å². The zero-order valence-electron chi connectivity index (χ0n) is 20.6. The van der Waals surface area contributed by atoms with Crippen LogP contribution in [0.4, 0.5) is 0 Å². The highest BCUT2D eigenvalue weighted by molar-refractivity contribution is 6.89. The van der Waals surface area contributed by atoms with E-state index < -0.39 is 16.1 Å². The third kappa shape index (κ3) is 4.23. The van der Waals surface area contributed by atoms with Gasteiger partial charge in [0.25, 0.3) is 0 Å². The van der Waals surface area contributed by atoms with Crippen molar-refractivity contribution in [2.45, 2.75) is 39.3 Å². The second-order valence-corrected chi connectivity index (χ2v) is 21.5. The van der Waals surface area contributed by atoms with Crippen LogP contribution in [0.5, 0.6) is 0 Å². The fraction of sp³-hybridized carbons (Fsp3) is 0.200. The lowest BCUT2D eigenvalue weighted by Gasteiger charge is -2.17. The van der Waals surface area contributed by atoms with Crippen LogP contribution < -0.4 is 10.4 Å². The van der Waals surface area contributed by atoms with Gasteiger partial charge in [-0.05, 0) is 46.5 Å². The van der Waals surface area contributed by atoms with E-state index >= 15 is 0 Å². The summed E-state index contributed by atoms with van der Waals surface area (Å²) in [6.45, 7) is 14.4. The van der Waals surface area contributed by atoms with Gasteiger partial charge in [0.05, 0.1) is 16.1 Å². The minimum atomic E-state index is -1.28. The molecule has 5 rings (SSSR count). The van der Waals surface area contributed by atoms with Crippen LogP contribution >= 0.6 is 0 Å². The molecule has 1 aromatic heterocycles. The Kier molecular flexibility index (Phi) is 5.22. The third-order valence-electron chi connectivity index (χ3n) is 6.77. The van der Waals surface area contributed by atoms with Gasteiger partial charge in [0, 0.05) is 21.8 Å². The number of H-pyrrole nitrogens is 1. The van der Waals surface area contributed by atoms with Crippen LogP contribution in [0.1, 0.15) is 0 Å². The Morgan fingerprint density at radius 2 is 0.758 bits per heavy atom. The van der Waals surface area contributed by atoms with Gasteiger partial charge in [-0.15, -0.1) is 0 Å². The highest BCUT2D eigenvalue weighted by Gasteiger charge is 2.17. The zero-order chi connectivity index (χ0) is 23.4. The van der Waals surface area contributed by atoms with E-state index in [2.05, 4.69) is 129 Å². The molecule has 0 aliphatic carbocycles. The van der Waals surface area contributed by atoms with Gasteiger partial charge < -0.3 is 4.98 Å². The lowest BCUT2D eigenvalue weighted by atomic mass is 10.0. The molecule has 3 heteroatoms. The monoisotopic (exact) mass is 463 g/mol. The van der Waals surface area contributed by atoms with Crippen molar-refractivity contribution in [3.05, 3.63) is 84.9 Å². The second-order valence-electron chi connectivity index (χ2n) is 11.3. The molecule has 5 aromatic rings. The maximum absolute atomic E-state index is 3.60. The molecular formula is C30H33NSi2. The van der Waals surface area contributed by atoms with Gasteiger partial charge in [-0.25, -0.2) is 0 Å². The molecule has 0 atom stereocenters. The summed E-state index contributed by atoms with van der Waals surface area (Å²) >= 11 is 0. The molecule has 166 valence electrons. The lowest BCUT2D eigenvalue weighted by molar-refractivity contribution is 1.54. The van der Waals surface area contributed by atoms with Crippen molar-refractivity contribution in [1.29, 1.82) is 0 Å². The van der Waals surface area contributed by atoms with Gasteiger partial charge in [-0.2, -0.15) is 0 Å². The average molecular weight is 464 g/mol. The molecule has 0 unspecified atom stereocenters. The van der Waals surface area contributed by atoms with Gasteiger partial charge >= 0.3 is 0 Å². The molecule has 33 heavy (non-hydrogen) atoms. The lowest BCUT2D eigenvalue weighted by Crippen LogP contribution is -2.37. The molecule has 0 aliphatic heterocycles. The fourth-order valence-electron chi connectivity index (χ4n) is 4.58. The molecule has 0 spiro atoms. The van der Waals surface area contributed by atoms with E-state index in [9.17, 15) is 0 Å². The molecular weight excluding hydrogens is 431 g/mol. The van der Waals surface area contributed by atoms with Crippen molar-refractivity contribution in [1.82, 2.24) is 4.98 Å². The summed E-state index contributed by atoms with van der Waals surface area (Å²) in [5, 5.41) is 5.59. The van der Waals surface area contributed by atoms with E-state index in [1.54, 1.807) is 0 Å². The quantitative estimate of drug-likeness (QED) is 0.262. The predicted molar refractivity (Wildman–Crippen MR) is 153 cm³/mol. The van der Waals surface area contributed by atoms with Crippen LogP contribution in [0.25, 0.3) is 44.1 Å². The first kappa shape index (κ1) is 21.9. The number of benzene rings is 4. The normalized spacial score (nSPS) is 12.5. The Balaban J connectivity index is 1.56. The van der Waals surface area contributed by atoms with Crippen molar-refractivity contribution in [3.8, 4) is 22.3 Å². The number of hydrogen-bond donors (Lipinski definition) is 1. The summed E-state index contributed by atoms with van der Waals surface area (Å²) in [5.74, 6) is 0. The van der Waals surface area contributed by atoms with Gasteiger partial charge in [0.1, 0.15) is 0 Å². The first-order valence-corrected chi connectivity index (χ1v) is 18.9. The van der Waals surface area contributed by atoms with E-state index in [4.69, 9.17) is 0 Å². The van der Waals surface area contributed by atoms with Crippen LogP contribution in [0, 0.1) is 0 Å². The Morgan fingerprint density at radius 1 is 0.424 bits per heavy atom. The van der Waals surface area contributed by atoms with Crippen molar-refractivity contribution in [2.24, 2.45) is 0 Å². The topological polar surface area (TPSA) is 15.8 Å². The summed E-state index contributed by atoms with van der Waals surface area (Å²) in [7, 11) is -2.56. The van der Waals surface area contributed by atoms with Gasteiger partial charge in [0.15, 0.2) is 0 Å². The average Bonchev–Trinajstić information content (AvgIpc) is 3.15. The Bertz CT molecular complexity index is 1330. The van der Waals surface area contributed by atoms with E-state index in [1.165, 1.54) is 54.4 Å². The van der Waals surface area contributed by atoms with Crippen LogP contribution in [-0.4, -0.2) is 21.1 Å². The maximum atomic E-state index is 3.60. The summed E-state index contributed by atoms with van der Waals surface area (Å²) in [4.78, 5) is 3.60. The summed E-state index contributed by atoms with van der Waals surface area (Å²) in [5.41, 5.74) is 7.50. The number of aromatic nitrogens is 1. The third-order valence-corrected chi connectivity index (χ3v) is 10.9. The molecule has 1 heterocycles. The van der Waals surface area contributed by atoms with E-state index in [-0.39, 0.29) is 0 Å². The Labute approximate surface area is 199 Å². The first-order valence-electron chi connectivity index (χ1n) is 11.9. The molecule has 0 amide bonds. The molecule has 0 aliphatic rings. The second kappa shape index (κ2) is 7.86. The molecule has 0 radical (unpaired) electrons. The molecule has 0 bridgehead atoms. The molecule has 4 aromatic carbocycles. The number of nitrogens with one attached hydrogen (secondary N) is 1. The smallest absolute Gasteiger partial charge is 0.0775 e. The minimum Gasteiger partial charge on any atom is -0.355 e. The number of hydrogen-bond acceptors (Lipinski definition) is 0. The van der Waals surface area contributed by atoms with Crippen LogP contribution in [0.3, 0.4) is 0 Å². The van der Waals surface area contributed by atoms with Crippen molar-refractivity contribution in [2.75, 3.05) is 0 Å². The molecule has 1 N–H and O–H groups in total. The number of fused-ring (bicyclic) bond motifs is 3. The zero-order valence-corrected chi connectivity index (χ0v) is 22.6. The summed E-state index contributed by atoms with van der Waals surface area (Å²) in [6, 6.07) is 32.0. The predicted octanol–water partition coefficient (Wildman–Crippen LogP) is 7.75. The van der Waals surface area contributed by atoms with Crippen LogP contribution in [0.15, 0.2) is 84.9 Å². The summed E-state index contributed by atoms with van der Waals surface area (Å²) in [6.07, 6.45) is 0.